The van der Waals surface area contributed by atoms with Gasteiger partial charge in [0.25, 0.3) is 5.91 Å². The molecule has 1 aliphatic rings. The van der Waals surface area contributed by atoms with E-state index in [4.69, 9.17) is 5.11 Å². The van der Waals surface area contributed by atoms with Gasteiger partial charge in [0, 0.05) is 38.1 Å². The molecule has 2 heterocycles. The molecular weight excluding hydrogens is 276 g/mol. The van der Waals surface area contributed by atoms with Crippen LogP contribution in [-0.4, -0.2) is 69.7 Å². The Labute approximate surface area is 123 Å². The predicted octanol–water partition coefficient (Wildman–Crippen LogP) is 0.586. The molecule has 0 saturated carbocycles. The first-order valence-electron chi connectivity index (χ1n) is 6.89. The summed E-state index contributed by atoms with van der Waals surface area (Å²) in [4.78, 5) is 17.3. The summed E-state index contributed by atoms with van der Waals surface area (Å²) >= 11 is 1.18. The summed E-state index contributed by atoms with van der Waals surface area (Å²) in [6, 6.07) is 0. The Kier molecular flexibility index (Phi) is 4.72. The second kappa shape index (κ2) is 6.15. The average Bonchev–Trinajstić information content (AvgIpc) is 2.88. The number of carbonyl (C=O) groups is 1. The molecular formula is C13H22N4O2S. The molecule has 0 aliphatic carbocycles. The summed E-state index contributed by atoms with van der Waals surface area (Å²) in [5, 5.41) is 13.1. The van der Waals surface area contributed by atoms with E-state index in [2.05, 4.69) is 14.5 Å². The Balaban J connectivity index is 2.05. The van der Waals surface area contributed by atoms with Crippen LogP contribution < -0.4 is 0 Å². The highest BCUT2D eigenvalue weighted by atomic mass is 32.1. The van der Waals surface area contributed by atoms with E-state index in [0.717, 1.165) is 18.8 Å². The lowest BCUT2D eigenvalue weighted by atomic mass is 9.91. The van der Waals surface area contributed by atoms with Crippen molar-refractivity contribution in [2.45, 2.75) is 26.2 Å². The minimum atomic E-state index is -0.170. The quantitative estimate of drug-likeness (QED) is 0.884. The van der Waals surface area contributed by atoms with Crippen LogP contribution in [0.25, 0.3) is 0 Å². The van der Waals surface area contributed by atoms with Crippen molar-refractivity contribution >= 4 is 17.4 Å². The van der Waals surface area contributed by atoms with Gasteiger partial charge >= 0.3 is 0 Å². The van der Waals surface area contributed by atoms with Crippen LogP contribution in [0.2, 0.25) is 0 Å². The molecule has 20 heavy (non-hydrogen) atoms. The van der Waals surface area contributed by atoms with E-state index in [1.54, 1.807) is 0 Å². The predicted molar refractivity (Wildman–Crippen MR) is 78.0 cm³/mol. The van der Waals surface area contributed by atoms with Crippen molar-refractivity contribution < 1.29 is 9.90 Å². The van der Waals surface area contributed by atoms with Crippen LogP contribution in [0.5, 0.6) is 0 Å². The number of amides is 1. The van der Waals surface area contributed by atoms with Crippen molar-refractivity contribution in [1.29, 1.82) is 0 Å². The van der Waals surface area contributed by atoms with E-state index in [1.807, 2.05) is 25.7 Å². The van der Waals surface area contributed by atoms with Crippen LogP contribution in [0.15, 0.2) is 0 Å². The number of nitrogens with zero attached hydrogens (tertiary/aromatic N) is 4. The first-order chi connectivity index (χ1) is 9.43. The highest BCUT2D eigenvalue weighted by molar-refractivity contribution is 7.08. The molecule has 1 aromatic heterocycles. The lowest BCUT2D eigenvalue weighted by molar-refractivity contribution is 0.0617. The fourth-order valence-electron chi connectivity index (χ4n) is 2.28. The minimum absolute atomic E-state index is 0.0357. The van der Waals surface area contributed by atoms with Gasteiger partial charge in [-0.1, -0.05) is 25.3 Å². The van der Waals surface area contributed by atoms with Crippen molar-refractivity contribution in [3.63, 3.8) is 0 Å². The van der Waals surface area contributed by atoms with E-state index >= 15 is 0 Å². The van der Waals surface area contributed by atoms with E-state index in [0.29, 0.717) is 24.5 Å². The third-order valence-electron chi connectivity index (χ3n) is 3.47. The zero-order valence-electron chi connectivity index (χ0n) is 12.3. The van der Waals surface area contributed by atoms with Crippen LogP contribution in [0.4, 0.5) is 0 Å². The standard InChI is InChI=1S/C13H22N4O2S/c1-13(2,3)11-10(20-15-14-11)12(19)17-6-4-16(5-7-17)8-9-18/h18H,4-9H2,1-3H3. The average molecular weight is 298 g/mol. The monoisotopic (exact) mass is 298 g/mol. The molecule has 2 rings (SSSR count). The molecule has 1 fully saturated rings. The Morgan fingerprint density at radius 3 is 2.50 bits per heavy atom. The lowest BCUT2D eigenvalue weighted by Gasteiger charge is -2.34. The van der Waals surface area contributed by atoms with Gasteiger partial charge in [0.2, 0.25) is 0 Å². The maximum Gasteiger partial charge on any atom is 0.267 e. The van der Waals surface area contributed by atoms with Crippen LogP contribution in [-0.2, 0) is 5.41 Å². The number of β-amino-alcohol motifs (C(OH)–C–C–N with tert-alkyl or cyclic N) is 1. The number of hydrogen-bond acceptors (Lipinski definition) is 6. The summed E-state index contributed by atoms with van der Waals surface area (Å²) in [6.45, 7) is 9.98. The van der Waals surface area contributed by atoms with Gasteiger partial charge in [-0.2, -0.15) is 0 Å². The fourth-order valence-corrected chi connectivity index (χ4v) is 3.13. The summed E-state index contributed by atoms with van der Waals surface area (Å²) in [5.41, 5.74) is 0.613. The van der Waals surface area contributed by atoms with Gasteiger partial charge < -0.3 is 10.0 Å². The molecule has 1 amide bonds. The summed E-state index contributed by atoms with van der Waals surface area (Å²) in [6.07, 6.45) is 0. The molecule has 0 unspecified atom stereocenters. The Hall–Kier alpha value is -1.05. The van der Waals surface area contributed by atoms with Crippen molar-refractivity contribution in [2.75, 3.05) is 39.3 Å². The van der Waals surface area contributed by atoms with Crippen molar-refractivity contribution in [1.82, 2.24) is 19.4 Å². The van der Waals surface area contributed by atoms with Crippen molar-refractivity contribution in [3.8, 4) is 0 Å². The van der Waals surface area contributed by atoms with Gasteiger partial charge in [-0.05, 0) is 11.5 Å². The SMILES string of the molecule is CC(C)(C)c1nnsc1C(=O)N1CCN(CCO)CC1. The zero-order valence-corrected chi connectivity index (χ0v) is 13.1. The largest absolute Gasteiger partial charge is 0.395 e. The zero-order chi connectivity index (χ0) is 14.8. The van der Waals surface area contributed by atoms with E-state index in [-0.39, 0.29) is 17.9 Å². The number of hydrogen-bond donors (Lipinski definition) is 1. The molecule has 7 heteroatoms. The van der Waals surface area contributed by atoms with Gasteiger partial charge in [0.05, 0.1) is 12.3 Å². The van der Waals surface area contributed by atoms with E-state index in [1.165, 1.54) is 11.5 Å². The third-order valence-corrected chi connectivity index (χ3v) is 4.18. The smallest absolute Gasteiger partial charge is 0.267 e. The van der Waals surface area contributed by atoms with Crippen LogP contribution in [0, 0.1) is 0 Å². The fraction of sp³-hybridized carbons (Fsp3) is 0.769. The molecule has 112 valence electrons. The maximum absolute atomic E-state index is 12.6. The first-order valence-corrected chi connectivity index (χ1v) is 7.66. The highest BCUT2D eigenvalue weighted by Crippen LogP contribution is 2.27. The highest BCUT2D eigenvalue weighted by Gasteiger charge is 2.30. The lowest BCUT2D eigenvalue weighted by Crippen LogP contribution is -2.49. The van der Waals surface area contributed by atoms with Crippen molar-refractivity contribution in [3.05, 3.63) is 10.6 Å². The molecule has 1 saturated heterocycles. The molecule has 0 radical (unpaired) electrons. The Morgan fingerprint density at radius 2 is 1.95 bits per heavy atom. The number of piperazine rings is 1. The van der Waals surface area contributed by atoms with Crippen LogP contribution in [0.1, 0.15) is 36.1 Å². The van der Waals surface area contributed by atoms with Gasteiger partial charge in [0.15, 0.2) is 0 Å². The van der Waals surface area contributed by atoms with Crippen LogP contribution in [0.3, 0.4) is 0 Å². The van der Waals surface area contributed by atoms with E-state index < -0.39 is 0 Å². The molecule has 0 aromatic carbocycles. The minimum Gasteiger partial charge on any atom is -0.395 e. The molecule has 0 atom stereocenters. The second-order valence-corrected chi connectivity index (χ2v) is 6.81. The topological polar surface area (TPSA) is 69.6 Å². The summed E-state index contributed by atoms with van der Waals surface area (Å²) in [7, 11) is 0. The number of carbonyl (C=O) groups excluding carboxylic acids is 1. The normalized spacial score (nSPS) is 17.5. The number of rotatable bonds is 3. The third kappa shape index (κ3) is 3.34. The molecule has 0 spiro atoms. The first kappa shape index (κ1) is 15.3. The molecule has 1 aromatic rings. The summed E-state index contributed by atoms with van der Waals surface area (Å²) in [5.74, 6) is 0.0357. The molecule has 6 nitrogen and oxygen atoms in total. The second-order valence-electron chi connectivity index (χ2n) is 6.06. The summed E-state index contributed by atoms with van der Waals surface area (Å²) < 4.78 is 3.95. The maximum atomic E-state index is 12.6. The Bertz CT molecular complexity index is 461. The van der Waals surface area contributed by atoms with Crippen molar-refractivity contribution in [2.24, 2.45) is 0 Å². The number of aliphatic hydroxyl groups excluding tert-OH is 1. The van der Waals surface area contributed by atoms with Crippen LogP contribution >= 0.6 is 11.5 Å². The van der Waals surface area contributed by atoms with Gasteiger partial charge in [-0.15, -0.1) is 5.10 Å². The van der Waals surface area contributed by atoms with Gasteiger partial charge in [-0.25, -0.2) is 0 Å². The van der Waals surface area contributed by atoms with E-state index in [9.17, 15) is 4.79 Å². The molecule has 1 aliphatic heterocycles. The number of aromatic nitrogens is 2. The molecule has 0 bridgehead atoms. The molecule has 1 N–H and O–H groups in total. The Morgan fingerprint density at radius 1 is 1.30 bits per heavy atom. The van der Waals surface area contributed by atoms with Gasteiger partial charge in [-0.3, -0.25) is 9.69 Å². The number of aliphatic hydroxyl groups is 1. The van der Waals surface area contributed by atoms with Gasteiger partial charge in [0.1, 0.15) is 4.88 Å².